The standard InChI is InChI=1S/C32H41N9O3S/c1-22(42)35-23-5-7-24(8-6-23)36-32(45)41-16-14-40(15-17-41)31-29-25-19-27(43-3)28(20-26(25)37-30(29)33-21-34-31)44-18-4-9-39-12-10-38(2)11-13-39/h5-8,19-21H,4,9-18H2,1-3H3,(H,35,42)(H,36,45)(H,33,34,37)/p+1. The van der Waals surface area contributed by atoms with E-state index in [4.69, 9.17) is 21.7 Å². The summed E-state index contributed by atoms with van der Waals surface area (Å²) in [6.07, 6.45) is 2.71. The van der Waals surface area contributed by atoms with E-state index >= 15 is 0 Å². The second kappa shape index (κ2) is 13.8. The van der Waals surface area contributed by atoms with Gasteiger partial charge in [-0.15, -0.1) is 0 Å². The number of hydrogen-bond acceptors (Lipinski definition) is 8. The summed E-state index contributed by atoms with van der Waals surface area (Å²) in [5.41, 5.74) is 3.41. The van der Waals surface area contributed by atoms with Gasteiger partial charge in [0.25, 0.3) is 0 Å². The zero-order valence-corrected chi connectivity index (χ0v) is 27.0. The minimum Gasteiger partial charge on any atom is -0.493 e. The maximum absolute atomic E-state index is 11.3. The Labute approximate surface area is 268 Å². The SMILES string of the molecule is COc1cc2c(cc1OCCCN1CCN(C)CC1)[nH]c1nc[nH+]c(N3CCN(C(=S)Nc4ccc(NC(C)=O)cc4)CC3)c12. The number of methoxy groups -OCH3 is 1. The summed E-state index contributed by atoms with van der Waals surface area (Å²) in [7, 11) is 3.87. The minimum absolute atomic E-state index is 0.0963. The van der Waals surface area contributed by atoms with Crippen molar-refractivity contribution in [2.24, 2.45) is 0 Å². The van der Waals surface area contributed by atoms with Crippen LogP contribution < -0.4 is 30.0 Å². The number of carbonyl (C=O) groups excluding carboxylic acids is 1. The molecule has 0 saturated carbocycles. The molecule has 4 heterocycles. The van der Waals surface area contributed by atoms with Gasteiger partial charge in [-0.25, -0.2) is 4.98 Å². The van der Waals surface area contributed by atoms with Gasteiger partial charge in [0.2, 0.25) is 23.7 Å². The first-order valence-corrected chi connectivity index (χ1v) is 15.9. The number of piperazine rings is 2. The van der Waals surface area contributed by atoms with Gasteiger partial charge >= 0.3 is 0 Å². The van der Waals surface area contributed by atoms with E-state index < -0.39 is 0 Å². The Bertz CT molecular complexity index is 1650. The fraction of sp³-hybridized carbons (Fsp3) is 0.438. The first kappa shape index (κ1) is 30.8. The maximum atomic E-state index is 11.3. The quantitative estimate of drug-likeness (QED) is 0.188. The summed E-state index contributed by atoms with van der Waals surface area (Å²) in [4.78, 5) is 32.2. The predicted octanol–water partition coefficient (Wildman–Crippen LogP) is 3.03. The lowest BCUT2D eigenvalue weighted by Gasteiger charge is -2.34. The number of anilines is 3. The Morgan fingerprint density at radius 1 is 1.00 bits per heavy atom. The lowest BCUT2D eigenvalue weighted by molar-refractivity contribution is -0.367. The molecule has 2 fully saturated rings. The van der Waals surface area contributed by atoms with Gasteiger partial charge in [0.1, 0.15) is 5.39 Å². The fourth-order valence-corrected chi connectivity index (χ4v) is 6.29. The summed E-state index contributed by atoms with van der Waals surface area (Å²) in [6, 6.07) is 11.6. The number of carbonyl (C=O) groups is 1. The topological polar surface area (TPSA) is 115 Å². The van der Waals surface area contributed by atoms with Gasteiger partial charge in [-0.05, 0) is 56.0 Å². The van der Waals surface area contributed by atoms with Crippen molar-refractivity contribution in [1.82, 2.24) is 24.7 Å². The average molecular weight is 633 g/mol. The molecule has 1 amide bonds. The van der Waals surface area contributed by atoms with Crippen molar-refractivity contribution in [3.05, 3.63) is 42.7 Å². The van der Waals surface area contributed by atoms with Crippen LogP contribution in [0.1, 0.15) is 13.3 Å². The summed E-state index contributed by atoms with van der Waals surface area (Å²) in [5, 5.41) is 8.85. The van der Waals surface area contributed by atoms with Gasteiger partial charge in [0.05, 0.1) is 45.4 Å². The number of aromatic amines is 2. The van der Waals surface area contributed by atoms with Crippen LogP contribution in [0.5, 0.6) is 11.5 Å². The number of amides is 1. The predicted molar refractivity (Wildman–Crippen MR) is 182 cm³/mol. The van der Waals surface area contributed by atoms with Crippen LogP contribution in [-0.2, 0) is 4.79 Å². The minimum atomic E-state index is -0.0963. The molecule has 4 N–H and O–H groups in total. The van der Waals surface area contributed by atoms with Crippen molar-refractivity contribution in [2.45, 2.75) is 13.3 Å². The van der Waals surface area contributed by atoms with E-state index in [1.165, 1.54) is 6.92 Å². The van der Waals surface area contributed by atoms with Crippen molar-refractivity contribution in [3.63, 3.8) is 0 Å². The number of aromatic nitrogens is 3. The van der Waals surface area contributed by atoms with Crippen LogP contribution in [0.4, 0.5) is 17.2 Å². The second-order valence-corrected chi connectivity index (χ2v) is 12.0. The largest absolute Gasteiger partial charge is 0.493 e. The highest BCUT2D eigenvalue weighted by Gasteiger charge is 2.28. The maximum Gasteiger partial charge on any atom is 0.234 e. The highest BCUT2D eigenvalue weighted by atomic mass is 32.1. The lowest BCUT2D eigenvalue weighted by atomic mass is 10.1. The molecule has 13 heteroatoms. The van der Waals surface area contributed by atoms with Gasteiger partial charge in [-0.3, -0.25) is 9.69 Å². The van der Waals surface area contributed by atoms with E-state index in [-0.39, 0.29) is 5.91 Å². The normalized spacial score (nSPS) is 16.2. The molecule has 12 nitrogen and oxygen atoms in total. The summed E-state index contributed by atoms with van der Waals surface area (Å²) < 4.78 is 12.0. The van der Waals surface area contributed by atoms with Crippen LogP contribution >= 0.6 is 12.2 Å². The lowest BCUT2D eigenvalue weighted by Crippen LogP contribution is -2.51. The second-order valence-electron chi connectivity index (χ2n) is 11.7. The molecule has 0 unspecified atom stereocenters. The molecule has 4 aromatic rings. The van der Waals surface area contributed by atoms with Gasteiger partial charge in [-0.2, -0.15) is 0 Å². The highest BCUT2D eigenvalue weighted by Crippen LogP contribution is 2.38. The molecule has 238 valence electrons. The highest BCUT2D eigenvalue weighted by molar-refractivity contribution is 7.80. The van der Waals surface area contributed by atoms with Gasteiger partial charge in [-0.1, -0.05) is 4.98 Å². The summed E-state index contributed by atoms with van der Waals surface area (Å²) in [6.45, 7) is 10.8. The molecule has 6 rings (SSSR count). The van der Waals surface area contributed by atoms with Crippen LogP contribution in [0.15, 0.2) is 42.7 Å². The molecule has 0 atom stereocenters. The number of benzene rings is 2. The first-order valence-electron chi connectivity index (χ1n) is 15.5. The number of ether oxygens (including phenoxy) is 2. The molecular formula is C32H42N9O3S+. The number of H-pyrrole nitrogens is 2. The summed E-state index contributed by atoms with van der Waals surface area (Å²) >= 11 is 5.73. The van der Waals surface area contributed by atoms with Crippen molar-refractivity contribution in [1.29, 1.82) is 0 Å². The Morgan fingerprint density at radius 2 is 1.71 bits per heavy atom. The molecule has 45 heavy (non-hydrogen) atoms. The molecular weight excluding hydrogens is 590 g/mol. The van der Waals surface area contributed by atoms with Crippen LogP contribution in [-0.4, -0.2) is 115 Å². The van der Waals surface area contributed by atoms with Crippen molar-refractivity contribution in [2.75, 3.05) is 95.2 Å². The molecule has 2 aliphatic rings. The zero-order chi connectivity index (χ0) is 31.3. The van der Waals surface area contributed by atoms with E-state index in [0.717, 1.165) is 110 Å². The number of nitrogens with zero attached hydrogens (tertiary/aromatic N) is 5. The van der Waals surface area contributed by atoms with Crippen molar-refractivity contribution >= 4 is 62.4 Å². The third kappa shape index (κ3) is 7.21. The number of hydrogen-bond donors (Lipinski definition) is 3. The Hall–Kier alpha value is -4.20. The third-order valence-corrected chi connectivity index (χ3v) is 8.87. The molecule has 2 aliphatic heterocycles. The molecule has 2 saturated heterocycles. The third-order valence-electron chi connectivity index (χ3n) is 8.51. The number of rotatable bonds is 9. The Morgan fingerprint density at radius 3 is 2.40 bits per heavy atom. The van der Waals surface area contributed by atoms with Gasteiger partial charge in [0, 0.05) is 62.5 Å². The molecule has 0 bridgehead atoms. The number of fused-ring (bicyclic) bond motifs is 3. The van der Waals surface area contributed by atoms with Crippen LogP contribution in [0.2, 0.25) is 0 Å². The Balaban J connectivity index is 1.10. The Kier molecular flexibility index (Phi) is 9.47. The number of likely N-dealkylation sites (N-methyl/N-ethyl adjacent to an activating group) is 1. The smallest absolute Gasteiger partial charge is 0.234 e. The van der Waals surface area contributed by atoms with E-state index in [1.807, 2.05) is 30.3 Å². The van der Waals surface area contributed by atoms with E-state index in [2.05, 4.69) is 58.3 Å². The molecule has 2 aromatic heterocycles. The van der Waals surface area contributed by atoms with Crippen LogP contribution in [0.3, 0.4) is 0 Å². The van der Waals surface area contributed by atoms with Crippen molar-refractivity contribution < 1.29 is 19.3 Å². The average Bonchev–Trinajstić information content (AvgIpc) is 3.42. The molecule has 0 aliphatic carbocycles. The van der Waals surface area contributed by atoms with Crippen molar-refractivity contribution in [3.8, 4) is 11.5 Å². The zero-order valence-electron chi connectivity index (χ0n) is 26.2. The summed E-state index contributed by atoms with van der Waals surface area (Å²) in [5.74, 6) is 2.37. The molecule has 0 spiro atoms. The van der Waals surface area contributed by atoms with E-state index in [0.29, 0.717) is 17.5 Å². The number of nitrogens with one attached hydrogen (secondary N) is 4. The first-order chi connectivity index (χ1) is 21.9. The molecule has 0 radical (unpaired) electrons. The molecule has 2 aromatic carbocycles. The fourth-order valence-electron chi connectivity index (χ4n) is 5.99. The number of thiocarbonyl (C=S) groups is 1. The monoisotopic (exact) mass is 632 g/mol. The van der Waals surface area contributed by atoms with Gasteiger partial charge in [0.15, 0.2) is 16.6 Å². The van der Waals surface area contributed by atoms with Crippen LogP contribution in [0.25, 0.3) is 21.9 Å². The van der Waals surface area contributed by atoms with Crippen LogP contribution in [0, 0.1) is 0 Å². The van der Waals surface area contributed by atoms with E-state index in [1.54, 1.807) is 13.4 Å². The van der Waals surface area contributed by atoms with Gasteiger partial charge < -0.3 is 39.8 Å². The van der Waals surface area contributed by atoms with E-state index in [9.17, 15) is 4.79 Å².